The topological polar surface area (TPSA) is 77.2 Å². The lowest BCUT2D eigenvalue weighted by atomic mass is 9.84. The number of hydrogen-bond acceptors (Lipinski definition) is 3. The molecule has 6 nitrogen and oxygen atoms in total. The molecule has 0 fully saturated rings. The second kappa shape index (κ2) is 7.83. The Kier molecular flexibility index (Phi) is 5.06. The van der Waals surface area contributed by atoms with Crippen LogP contribution in [-0.4, -0.2) is 15.4 Å². The predicted molar refractivity (Wildman–Crippen MR) is 116 cm³/mol. The number of non-ortho nitro benzene ring substituents is 1. The molecule has 0 aliphatic carbocycles. The van der Waals surface area contributed by atoms with Gasteiger partial charge in [-0.05, 0) is 30.2 Å². The first kappa shape index (κ1) is 19.4. The predicted octanol–water partition coefficient (Wildman–Crippen LogP) is 4.63. The molecule has 0 bridgehead atoms. The molecule has 6 heteroatoms. The molecule has 0 unspecified atom stereocenters. The number of benzene rings is 3. The summed E-state index contributed by atoms with van der Waals surface area (Å²) in [6.45, 7) is 2.10. The van der Waals surface area contributed by atoms with Gasteiger partial charge in [0.15, 0.2) is 0 Å². The molecule has 150 valence electrons. The van der Waals surface area contributed by atoms with Gasteiger partial charge >= 0.3 is 0 Å². The summed E-state index contributed by atoms with van der Waals surface area (Å²) >= 11 is 0. The van der Waals surface area contributed by atoms with Crippen molar-refractivity contribution >= 4 is 22.5 Å². The van der Waals surface area contributed by atoms with Crippen molar-refractivity contribution in [3.63, 3.8) is 0 Å². The van der Waals surface area contributed by atoms with Crippen LogP contribution in [0.3, 0.4) is 0 Å². The maximum atomic E-state index is 13.1. The van der Waals surface area contributed by atoms with E-state index in [0.29, 0.717) is 0 Å². The molecule has 1 aromatic heterocycles. The van der Waals surface area contributed by atoms with Gasteiger partial charge in [-0.25, -0.2) is 0 Å². The highest BCUT2D eigenvalue weighted by molar-refractivity contribution is 5.85. The number of nitro benzene ring substituents is 1. The molecule has 0 saturated heterocycles. The van der Waals surface area contributed by atoms with E-state index < -0.39 is 10.5 Å². The number of amides is 1. The number of nitrogens with zero attached hydrogens (tertiary/aromatic N) is 2. The zero-order valence-corrected chi connectivity index (χ0v) is 16.5. The molecule has 1 N–H and O–H groups in total. The standard InChI is InChI=1S/C24H21N3O3/c1-24(19-8-4-2-5-9-19,20-10-6-3-7-11-20)25-23(28)17-26-15-14-18-16-21(27(29)30)12-13-22(18)26/h2-16H,17H2,1H3,(H,25,28). The third kappa shape index (κ3) is 3.67. The van der Waals surface area contributed by atoms with Crippen molar-refractivity contribution in [1.29, 1.82) is 0 Å². The van der Waals surface area contributed by atoms with Gasteiger partial charge in [-0.1, -0.05) is 60.7 Å². The third-order valence-corrected chi connectivity index (χ3v) is 5.37. The van der Waals surface area contributed by atoms with Crippen LogP contribution in [-0.2, 0) is 16.9 Å². The number of aromatic nitrogens is 1. The molecule has 0 radical (unpaired) electrons. The van der Waals surface area contributed by atoms with Crippen LogP contribution in [0.4, 0.5) is 5.69 Å². The molecule has 0 aliphatic heterocycles. The molecule has 1 amide bonds. The largest absolute Gasteiger partial charge is 0.341 e. The van der Waals surface area contributed by atoms with Crippen LogP contribution in [0.25, 0.3) is 10.9 Å². The molecular weight excluding hydrogens is 378 g/mol. The molecule has 4 aromatic rings. The van der Waals surface area contributed by atoms with Gasteiger partial charge in [-0.15, -0.1) is 0 Å². The van der Waals surface area contributed by atoms with Crippen LogP contribution in [0, 0.1) is 10.1 Å². The number of nitro groups is 1. The van der Waals surface area contributed by atoms with Gasteiger partial charge < -0.3 is 9.88 Å². The molecule has 0 saturated carbocycles. The summed E-state index contributed by atoms with van der Waals surface area (Å²) in [7, 11) is 0. The van der Waals surface area contributed by atoms with Gasteiger partial charge in [0.05, 0.1) is 10.5 Å². The first-order valence-electron chi connectivity index (χ1n) is 9.63. The Morgan fingerprint density at radius 1 is 0.967 bits per heavy atom. The Morgan fingerprint density at radius 2 is 1.57 bits per heavy atom. The summed E-state index contributed by atoms with van der Waals surface area (Å²) in [5, 5.41) is 14.9. The number of rotatable bonds is 6. The summed E-state index contributed by atoms with van der Waals surface area (Å²) in [5.41, 5.74) is 2.08. The smallest absolute Gasteiger partial charge is 0.270 e. The highest BCUT2D eigenvalue weighted by atomic mass is 16.6. The second-order valence-electron chi connectivity index (χ2n) is 7.35. The van der Waals surface area contributed by atoms with E-state index in [1.165, 1.54) is 12.1 Å². The number of carbonyl (C=O) groups is 1. The fraction of sp³-hybridized carbons (Fsp3) is 0.125. The highest BCUT2D eigenvalue weighted by Crippen LogP contribution is 2.29. The van der Waals surface area contributed by atoms with E-state index in [0.717, 1.165) is 22.0 Å². The lowest BCUT2D eigenvalue weighted by molar-refractivity contribution is -0.384. The molecule has 30 heavy (non-hydrogen) atoms. The maximum absolute atomic E-state index is 13.1. The monoisotopic (exact) mass is 399 g/mol. The Balaban J connectivity index is 1.63. The third-order valence-electron chi connectivity index (χ3n) is 5.37. The molecule has 1 heterocycles. The minimum atomic E-state index is -0.693. The Hall–Kier alpha value is -3.93. The average Bonchev–Trinajstić information content (AvgIpc) is 3.16. The van der Waals surface area contributed by atoms with Crippen molar-refractivity contribution in [2.75, 3.05) is 0 Å². The van der Waals surface area contributed by atoms with Crippen molar-refractivity contribution in [1.82, 2.24) is 9.88 Å². The zero-order valence-electron chi connectivity index (χ0n) is 16.5. The second-order valence-corrected chi connectivity index (χ2v) is 7.35. The number of hydrogen-bond donors (Lipinski definition) is 1. The van der Waals surface area contributed by atoms with E-state index in [9.17, 15) is 14.9 Å². The van der Waals surface area contributed by atoms with Crippen molar-refractivity contribution in [3.8, 4) is 0 Å². The Labute approximate surface area is 173 Å². The van der Waals surface area contributed by atoms with Crippen molar-refractivity contribution in [3.05, 3.63) is 112 Å². The molecule has 4 rings (SSSR count). The van der Waals surface area contributed by atoms with E-state index in [1.54, 1.807) is 22.9 Å². The van der Waals surface area contributed by atoms with Crippen LogP contribution >= 0.6 is 0 Å². The van der Waals surface area contributed by atoms with Gasteiger partial charge in [0, 0.05) is 29.2 Å². The lowest BCUT2D eigenvalue weighted by Crippen LogP contribution is -2.45. The number of carbonyl (C=O) groups excluding carboxylic acids is 1. The van der Waals surface area contributed by atoms with Gasteiger partial charge in [0.2, 0.25) is 5.91 Å². The fourth-order valence-electron chi connectivity index (χ4n) is 3.77. The minimum Gasteiger partial charge on any atom is -0.341 e. The summed E-state index contributed by atoms with van der Waals surface area (Å²) in [5.74, 6) is -0.152. The van der Waals surface area contributed by atoms with Crippen LogP contribution in [0.1, 0.15) is 18.1 Å². The van der Waals surface area contributed by atoms with Gasteiger partial charge in [0.1, 0.15) is 6.54 Å². The fourth-order valence-corrected chi connectivity index (χ4v) is 3.77. The SMILES string of the molecule is CC(NC(=O)Cn1ccc2cc([N+](=O)[O-])ccc21)(c1ccccc1)c1ccccc1. The van der Waals surface area contributed by atoms with Crippen molar-refractivity contribution < 1.29 is 9.72 Å². The Bertz CT molecular complexity index is 1160. The molecule has 0 spiro atoms. The van der Waals surface area contributed by atoms with E-state index >= 15 is 0 Å². The van der Waals surface area contributed by atoms with Gasteiger partial charge in [0.25, 0.3) is 5.69 Å². The molecular formula is C24H21N3O3. The van der Waals surface area contributed by atoms with Crippen LogP contribution < -0.4 is 5.32 Å². The van der Waals surface area contributed by atoms with Crippen LogP contribution in [0.2, 0.25) is 0 Å². The quantitative estimate of drug-likeness (QED) is 0.379. The summed E-state index contributed by atoms with van der Waals surface area (Å²) in [6.07, 6.45) is 1.77. The molecule has 0 atom stereocenters. The minimum absolute atomic E-state index is 0.0328. The van der Waals surface area contributed by atoms with Gasteiger partial charge in [-0.2, -0.15) is 0 Å². The van der Waals surface area contributed by atoms with Crippen molar-refractivity contribution in [2.24, 2.45) is 0 Å². The van der Waals surface area contributed by atoms with E-state index in [2.05, 4.69) is 5.32 Å². The number of nitrogens with one attached hydrogen (secondary N) is 1. The van der Waals surface area contributed by atoms with E-state index in [4.69, 9.17) is 0 Å². The molecule has 0 aliphatic rings. The number of fused-ring (bicyclic) bond motifs is 1. The lowest BCUT2D eigenvalue weighted by Gasteiger charge is -2.32. The van der Waals surface area contributed by atoms with Crippen LogP contribution in [0.15, 0.2) is 91.1 Å². The summed E-state index contributed by atoms with van der Waals surface area (Å²) < 4.78 is 1.80. The average molecular weight is 399 g/mol. The summed E-state index contributed by atoms with van der Waals surface area (Å²) in [6, 6.07) is 26.1. The summed E-state index contributed by atoms with van der Waals surface area (Å²) in [4.78, 5) is 23.6. The highest BCUT2D eigenvalue weighted by Gasteiger charge is 2.30. The van der Waals surface area contributed by atoms with Crippen LogP contribution in [0.5, 0.6) is 0 Å². The first-order chi connectivity index (χ1) is 14.5. The molecule has 3 aromatic carbocycles. The van der Waals surface area contributed by atoms with E-state index in [1.807, 2.05) is 67.6 Å². The van der Waals surface area contributed by atoms with Crippen molar-refractivity contribution in [2.45, 2.75) is 19.0 Å². The normalized spacial score (nSPS) is 11.4. The first-order valence-corrected chi connectivity index (χ1v) is 9.63. The van der Waals surface area contributed by atoms with E-state index in [-0.39, 0.29) is 18.1 Å². The zero-order chi connectivity index (χ0) is 21.1. The van der Waals surface area contributed by atoms with Gasteiger partial charge in [-0.3, -0.25) is 14.9 Å². The maximum Gasteiger partial charge on any atom is 0.270 e. The Morgan fingerprint density at radius 3 is 2.13 bits per heavy atom.